The quantitative estimate of drug-likeness (QED) is 0.843. The van der Waals surface area contributed by atoms with Gasteiger partial charge in [0.05, 0.1) is 0 Å². The molecule has 0 saturated heterocycles. The van der Waals surface area contributed by atoms with Crippen LogP contribution in [-0.2, 0) is 14.9 Å². The predicted molar refractivity (Wildman–Crippen MR) is 66.9 cm³/mol. The Kier molecular flexibility index (Phi) is 3.79. The lowest BCUT2D eigenvalue weighted by molar-refractivity contribution is -0.125. The van der Waals surface area contributed by atoms with Crippen molar-refractivity contribution in [3.05, 3.63) is 35.9 Å². The minimum absolute atomic E-state index is 0.0327. The second-order valence-corrected chi connectivity index (χ2v) is 4.71. The van der Waals surface area contributed by atoms with Gasteiger partial charge in [-0.25, -0.2) is 0 Å². The van der Waals surface area contributed by atoms with Gasteiger partial charge in [-0.2, -0.15) is 0 Å². The summed E-state index contributed by atoms with van der Waals surface area (Å²) in [7, 11) is 1.54. The molecule has 1 saturated carbocycles. The molecule has 1 fully saturated rings. The SMILES string of the molecule is COCC(=O)NCC1(c2ccccc2)CCC1. The van der Waals surface area contributed by atoms with Crippen LogP contribution >= 0.6 is 0 Å². The van der Waals surface area contributed by atoms with Gasteiger partial charge in [-0.3, -0.25) is 4.79 Å². The van der Waals surface area contributed by atoms with Crippen LogP contribution in [0.25, 0.3) is 0 Å². The van der Waals surface area contributed by atoms with E-state index in [1.54, 1.807) is 0 Å². The second-order valence-electron chi connectivity index (χ2n) is 4.71. The summed E-state index contributed by atoms with van der Waals surface area (Å²) in [6.07, 6.45) is 3.56. The summed E-state index contributed by atoms with van der Waals surface area (Å²) in [5, 5.41) is 2.96. The maximum Gasteiger partial charge on any atom is 0.246 e. The molecule has 1 amide bonds. The normalized spacial score (nSPS) is 17.2. The molecule has 1 N–H and O–H groups in total. The van der Waals surface area contributed by atoms with E-state index in [9.17, 15) is 4.79 Å². The van der Waals surface area contributed by atoms with Crippen molar-refractivity contribution in [3.8, 4) is 0 Å². The number of carbonyl (C=O) groups excluding carboxylic acids is 1. The highest BCUT2D eigenvalue weighted by molar-refractivity contribution is 5.77. The molecule has 3 heteroatoms. The Morgan fingerprint density at radius 1 is 1.35 bits per heavy atom. The highest BCUT2D eigenvalue weighted by Gasteiger charge is 2.38. The standard InChI is InChI=1S/C14H19NO2/c1-17-10-13(16)15-11-14(8-5-9-14)12-6-3-2-4-7-12/h2-4,6-7H,5,8-11H2,1H3,(H,15,16). The zero-order valence-electron chi connectivity index (χ0n) is 10.2. The fraction of sp³-hybridized carbons (Fsp3) is 0.500. The molecule has 17 heavy (non-hydrogen) atoms. The largest absolute Gasteiger partial charge is 0.375 e. The first-order valence-corrected chi connectivity index (χ1v) is 6.08. The summed E-state index contributed by atoms with van der Waals surface area (Å²) in [5.41, 5.74) is 1.49. The Hall–Kier alpha value is -1.35. The van der Waals surface area contributed by atoms with E-state index in [-0.39, 0.29) is 17.9 Å². The first-order chi connectivity index (χ1) is 8.27. The van der Waals surface area contributed by atoms with E-state index in [4.69, 9.17) is 4.74 Å². The van der Waals surface area contributed by atoms with Crippen molar-refractivity contribution in [2.75, 3.05) is 20.3 Å². The number of methoxy groups -OCH3 is 1. The Labute approximate surface area is 102 Å². The van der Waals surface area contributed by atoms with Gasteiger partial charge in [-0.1, -0.05) is 36.8 Å². The van der Waals surface area contributed by atoms with Gasteiger partial charge >= 0.3 is 0 Å². The van der Waals surface area contributed by atoms with Crippen molar-refractivity contribution >= 4 is 5.91 Å². The maximum absolute atomic E-state index is 11.4. The number of benzene rings is 1. The molecule has 0 heterocycles. The number of nitrogens with one attached hydrogen (secondary N) is 1. The highest BCUT2D eigenvalue weighted by atomic mass is 16.5. The van der Waals surface area contributed by atoms with Crippen molar-refractivity contribution in [1.82, 2.24) is 5.32 Å². The van der Waals surface area contributed by atoms with Gasteiger partial charge in [0.15, 0.2) is 0 Å². The molecule has 0 aliphatic heterocycles. The van der Waals surface area contributed by atoms with Crippen molar-refractivity contribution in [1.29, 1.82) is 0 Å². The number of carbonyl (C=O) groups is 1. The number of rotatable bonds is 5. The minimum atomic E-state index is -0.0327. The second kappa shape index (κ2) is 5.32. The van der Waals surface area contributed by atoms with Crippen LogP contribution in [0.2, 0.25) is 0 Å². The van der Waals surface area contributed by atoms with E-state index in [1.165, 1.54) is 19.1 Å². The molecule has 0 atom stereocenters. The minimum Gasteiger partial charge on any atom is -0.375 e. The van der Waals surface area contributed by atoms with Crippen LogP contribution in [0.4, 0.5) is 0 Å². The fourth-order valence-corrected chi connectivity index (χ4v) is 2.41. The molecule has 0 radical (unpaired) electrons. The van der Waals surface area contributed by atoms with Crippen molar-refractivity contribution in [2.45, 2.75) is 24.7 Å². The van der Waals surface area contributed by atoms with E-state index < -0.39 is 0 Å². The molecule has 0 bridgehead atoms. The summed E-state index contributed by atoms with van der Waals surface area (Å²) < 4.78 is 4.81. The molecule has 92 valence electrons. The summed E-state index contributed by atoms with van der Waals surface area (Å²) in [4.78, 5) is 11.4. The fourth-order valence-electron chi connectivity index (χ4n) is 2.41. The summed E-state index contributed by atoms with van der Waals surface area (Å²) >= 11 is 0. The van der Waals surface area contributed by atoms with Crippen molar-refractivity contribution in [3.63, 3.8) is 0 Å². The van der Waals surface area contributed by atoms with Crippen LogP contribution in [-0.4, -0.2) is 26.2 Å². The smallest absolute Gasteiger partial charge is 0.246 e. The van der Waals surface area contributed by atoms with Crippen LogP contribution in [0.3, 0.4) is 0 Å². The Balaban J connectivity index is 1.99. The summed E-state index contributed by atoms with van der Waals surface area (Å²) in [6, 6.07) is 10.5. The number of hydrogen-bond donors (Lipinski definition) is 1. The number of amides is 1. The van der Waals surface area contributed by atoms with Gasteiger partial charge in [0.2, 0.25) is 5.91 Å². The molecule has 3 nitrogen and oxygen atoms in total. The lowest BCUT2D eigenvalue weighted by Crippen LogP contribution is -2.46. The Morgan fingerprint density at radius 3 is 2.59 bits per heavy atom. The molecule has 1 aliphatic carbocycles. The number of hydrogen-bond acceptors (Lipinski definition) is 2. The molecule has 1 aromatic rings. The molecule has 1 aliphatic rings. The molecule has 0 aromatic heterocycles. The third-order valence-corrected chi connectivity index (χ3v) is 3.60. The van der Waals surface area contributed by atoms with Gasteiger partial charge in [0, 0.05) is 19.1 Å². The van der Waals surface area contributed by atoms with Crippen LogP contribution in [0.15, 0.2) is 30.3 Å². The topological polar surface area (TPSA) is 38.3 Å². The van der Waals surface area contributed by atoms with Crippen LogP contribution in [0.1, 0.15) is 24.8 Å². The number of ether oxygens (including phenoxy) is 1. The van der Waals surface area contributed by atoms with Gasteiger partial charge in [0.1, 0.15) is 6.61 Å². The molecule has 0 spiro atoms. The predicted octanol–water partition coefficient (Wildman–Crippen LogP) is 1.87. The molecular formula is C14H19NO2. The van der Waals surface area contributed by atoms with E-state index in [0.717, 1.165) is 19.4 Å². The molecule has 1 aromatic carbocycles. The lowest BCUT2D eigenvalue weighted by Gasteiger charge is -2.42. The zero-order chi connectivity index (χ0) is 12.1. The monoisotopic (exact) mass is 233 g/mol. The van der Waals surface area contributed by atoms with Crippen LogP contribution in [0.5, 0.6) is 0 Å². The average molecular weight is 233 g/mol. The van der Waals surface area contributed by atoms with Gasteiger partial charge in [-0.05, 0) is 18.4 Å². The summed E-state index contributed by atoms with van der Waals surface area (Å²) in [5.74, 6) is -0.0327. The first-order valence-electron chi connectivity index (χ1n) is 6.08. The van der Waals surface area contributed by atoms with Gasteiger partial charge in [-0.15, -0.1) is 0 Å². The lowest BCUT2D eigenvalue weighted by atomic mass is 9.64. The average Bonchev–Trinajstić information content (AvgIpc) is 2.29. The van der Waals surface area contributed by atoms with E-state index in [2.05, 4.69) is 29.6 Å². The third-order valence-electron chi connectivity index (χ3n) is 3.60. The van der Waals surface area contributed by atoms with Crippen molar-refractivity contribution in [2.24, 2.45) is 0 Å². The van der Waals surface area contributed by atoms with Crippen LogP contribution < -0.4 is 5.32 Å². The Morgan fingerprint density at radius 2 is 2.06 bits per heavy atom. The zero-order valence-corrected chi connectivity index (χ0v) is 10.2. The Bertz CT molecular complexity index is 371. The van der Waals surface area contributed by atoms with E-state index in [1.807, 2.05) is 6.07 Å². The van der Waals surface area contributed by atoms with Crippen molar-refractivity contribution < 1.29 is 9.53 Å². The van der Waals surface area contributed by atoms with E-state index in [0.29, 0.717) is 0 Å². The maximum atomic E-state index is 11.4. The van der Waals surface area contributed by atoms with Crippen LogP contribution in [0, 0.1) is 0 Å². The highest BCUT2D eigenvalue weighted by Crippen LogP contribution is 2.42. The first kappa shape index (κ1) is 12.1. The van der Waals surface area contributed by atoms with Gasteiger partial charge < -0.3 is 10.1 Å². The molecular weight excluding hydrogens is 214 g/mol. The third kappa shape index (κ3) is 2.67. The molecule has 0 unspecified atom stereocenters. The summed E-state index contributed by atoms with van der Waals surface area (Å²) in [6.45, 7) is 0.865. The van der Waals surface area contributed by atoms with Gasteiger partial charge in [0.25, 0.3) is 0 Å². The van der Waals surface area contributed by atoms with E-state index >= 15 is 0 Å². The molecule has 2 rings (SSSR count).